The van der Waals surface area contributed by atoms with Crippen LogP contribution >= 0.6 is 11.3 Å². The van der Waals surface area contributed by atoms with Gasteiger partial charge in [-0.25, -0.2) is 4.98 Å². The first-order chi connectivity index (χ1) is 12.9. The lowest BCUT2D eigenvalue weighted by Gasteiger charge is -2.12. The second-order valence-electron chi connectivity index (χ2n) is 6.62. The van der Waals surface area contributed by atoms with Crippen molar-refractivity contribution in [3.05, 3.63) is 63.7 Å². The summed E-state index contributed by atoms with van der Waals surface area (Å²) in [6.07, 6.45) is 0. The van der Waals surface area contributed by atoms with Crippen molar-refractivity contribution in [3.8, 4) is 16.3 Å². The quantitative estimate of drug-likeness (QED) is 0.618. The first kappa shape index (κ1) is 19.1. The van der Waals surface area contributed by atoms with E-state index in [0.717, 1.165) is 38.8 Å². The van der Waals surface area contributed by atoms with Gasteiger partial charge in [0, 0.05) is 11.3 Å². The minimum absolute atomic E-state index is 0.114. The Labute approximate surface area is 164 Å². The average molecular weight is 381 g/mol. The first-order valence-electron chi connectivity index (χ1n) is 8.99. The van der Waals surface area contributed by atoms with Crippen molar-refractivity contribution in [3.63, 3.8) is 0 Å². The molecule has 2 aromatic carbocycles. The van der Waals surface area contributed by atoms with Gasteiger partial charge in [-0.1, -0.05) is 17.7 Å². The largest absolute Gasteiger partial charge is 0.494 e. The Kier molecular flexibility index (Phi) is 5.61. The number of thiazole rings is 1. The molecule has 1 N–H and O–H groups in total. The van der Waals surface area contributed by atoms with E-state index in [2.05, 4.69) is 29.4 Å². The van der Waals surface area contributed by atoms with Crippen molar-refractivity contribution in [1.29, 1.82) is 0 Å². The lowest BCUT2D eigenvalue weighted by atomic mass is 10.1. The summed E-state index contributed by atoms with van der Waals surface area (Å²) in [4.78, 5) is 18.1. The van der Waals surface area contributed by atoms with Crippen LogP contribution in [0.1, 0.15) is 39.0 Å². The number of nitrogens with one attached hydrogen (secondary N) is 1. The van der Waals surface area contributed by atoms with E-state index >= 15 is 0 Å². The number of ether oxygens (including phenoxy) is 1. The highest BCUT2D eigenvalue weighted by Crippen LogP contribution is 2.30. The number of nitrogens with zero attached hydrogens (tertiary/aromatic N) is 1. The Hall–Kier alpha value is -2.66. The van der Waals surface area contributed by atoms with Crippen molar-refractivity contribution in [1.82, 2.24) is 4.98 Å². The number of aryl methyl sites for hydroxylation is 4. The summed E-state index contributed by atoms with van der Waals surface area (Å²) >= 11 is 1.41. The van der Waals surface area contributed by atoms with E-state index in [9.17, 15) is 4.79 Å². The van der Waals surface area contributed by atoms with E-state index in [1.807, 2.05) is 52.0 Å². The Morgan fingerprint density at radius 3 is 2.30 bits per heavy atom. The van der Waals surface area contributed by atoms with Crippen LogP contribution in [0, 0.1) is 27.7 Å². The zero-order valence-corrected chi connectivity index (χ0v) is 17.2. The summed E-state index contributed by atoms with van der Waals surface area (Å²) < 4.78 is 5.48. The summed E-state index contributed by atoms with van der Waals surface area (Å²) in [5, 5.41) is 3.90. The SMILES string of the molecule is CCOc1ccc(-c2nc(C)c(C(=O)Nc3c(C)cc(C)cc3C)s2)cc1. The van der Waals surface area contributed by atoms with Crippen LogP contribution in [0.25, 0.3) is 10.6 Å². The summed E-state index contributed by atoms with van der Waals surface area (Å²) in [5.74, 6) is 0.718. The van der Waals surface area contributed by atoms with Crippen LogP contribution in [0.3, 0.4) is 0 Å². The Morgan fingerprint density at radius 1 is 1.07 bits per heavy atom. The second-order valence-corrected chi connectivity index (χ2v) is 7.62. The van der Waals surface area contributed by atoms with Crippen LogP contribution in [0.2, 0.25) is 0 Å². The summed E-state index contributed by atoms with van der Waals surface area (Å²) in [7, 11) is 0. The van der Waals surface area contributed by atoms with Crippen molar-refractivity contribution < 1.29 is 9.53 Å². The van der Waals surface area contributed by atoms with Crippen molar-refractivity contribution in [2.75, 3.05) is 11.9 Å². The van der Waals surface area contributed by atoms with Crippen LogP contribution in [0.5, 0.6) is 5.75 Å². The van der Waals surface area contributed by atoms with Gasteiger partial charge in [0.1, 0.15) is 15.6 Å². The predicted molar refractivity (Wildman–Crippen MR) is 112 cm³/mol. The molecule has 1 amide bonds. The molecule has 0 radical (unpaired) electrons. The maximum Gasteiger partial charge on any atom is 0.267 e. The van der Waals surface area contributed by atoms with E-state index in [-0.39, 0.29) is 5.91 Å². The molecule has 0 aliphatic rings. The minimum atomic E-state index is -0.114. The van der Waals surface area contributed by atoms with Gasteiger partial charge in [-0.3, -0.25) is 4.79 Å². The highest BCUT2D eigenvalue weighted by molar-refractivity contribution is 7.17. The van der Waals surface area contributed by atoms with E-state index < -0.39 is 0 Å². The molecule has 0 unspecified atom stereocenters. The van der Waals surface area contributed by atoms with Gasteiger partial charge in [-0.05, 0) is 70.0 Å². The monoisotopic (exact) mass is 380 g/mol. The number of amides is 1. The fraction of sp³-hybridized carbons (Fsp3) is 0.273. The molecule has 1 aromatic heterocycles. The fourth-order valence-corrected chi connectivity index (χ4v) is 4.11. The molecule has 0 saturated heterocycles. The fourth-order valence-electron chi connectivity index (χ4n) is 3.14. The molecule has 0 atom stereocenters. The Balaban J connectivity index is 1.85. The third-order valence-electron chi connectivity index (χ3n) is 4.33. The van der Waals surface area contributed by atoms with Crippen LogP contribution in [0.4, 0.5) is 5.69 Å². The van der Waals surface area contributed by atoms with Crippen LogP contribution in [-0.2, 0) is 0 Å². The number of aromatic nitrogens is 1. The maximum absolute atomic E-state index is 12.8. The van der Waals surface area contributed by atoms with Crippen LogP contribution in [0.15, 0.2) is 36.4 Å². The molecular weight excluding hydrogens is 356 g/mol. The smallest absolute Gasteiger partial charge is 0.267 e. The molecule has 3 rings (SSSR count). The molecular formula is C22H24N2O2S. The number of carbonyl (C=O) groups is 1. The van der Waals surface area contributed by atoms with Crippen molar-refractivity contribution in [2.24, 2.45) is 0 Å². The normalized spacial score (nSPS) is 10.7. The van der Waals surface area contributed by atoms with Crippen molar-refractivity contribution in [2.45, 2.75) is 34.6 Å². The van der Waals surface area contributed by atoms with Gasteiger partial charge in [0.15, 0.2) is 0 Å². The standard InChI is InChI=1S/C22H24N2O2S/c1-6-26-18-9-7-17(8-10-18)22-23-16(5)20(27-22)21(25)24-19-14(3)11-13(2)12-15(19)4/h7-12H,6H2,1-5H3,(H,24,25). The second kappa shape index (κ2) is 7.92. The Morgan fingerprint density at radius 2 is 1.70 bits per heavy atom. The van der Waals surface area contributed by atoms with Gasteiger partial charge in [0.25, 0.3) is 5.91 Å². The molecule has 0 bridgehead atoms. The van der Waals surface area contributed by atoms with Crippen LogP contribution < -0.4 is 10.1 Å². The van der Waals surface area contributed by atoms with Crippen molar-refractivity contribution >= 4 is 22.9 Å². The van der Waals surface area contributed by atoms with E-state index in [1.165, 1.54) is 16.9 Å². The lowest BCUT2D eigenvalue weighted by molar-refractivity contribution is 0.102. The van der Waals surface area contributed by atoms with E-state index in [1.54, 1.807) is 0 Å². The maximum atomic E-state index is 12.8. The molecule has 0 saturated carbocycles. The van der Waals surface area contributed by atoms with Crippen LogP contribution in [-0.4, -0.2) is 17.5 Å². The van der Waals surface area contributed by atoms with Gasteiger partial charge in [0.2, 0.25) is 0 Å². The lowest BCUT2D eigenvalue weighted by Crippen LogP contribution is -2.13. The average Bonchev–Trinajstić information content (AvgIpc) is 3.01. The molecule has 0 aliphatic carbocycles. The number of hydrogen-bond acceptors (Lipinski definition) is 4. The predicted octanol–water partition coefficient (Wildman–Crippen LogP) is 5.69. The molecule has 5 heteroatoms. The summed E-state index contributed by atoms with van der Waals surface area (Å²) in [6.45, 7) is 10.6. The molecule has 0 fully saturated rings. The zero-order chi connectivity index (χ0) is 19.6. The third-order valence-corrected chi connectivity index (χ3v) is 5.54. The Bertz CT molecular complexity index is 951. The molecule has 27 heavy (non-hydrogen) atoms. The minimum Gasteiger partial charge on any atom is -0.494 e. The van der Waals surface area contributed by atoms with Gasteiger partial charge in [0.05, 0.1) is 12.3 Å². The number of anilines is 1. The highest BCUT2D eigenvalue weighted by atomic mass is 32.1. The summed E-state index contributed by atoms with van der Waals surface area (Å²) in [5.41, 5.74) is 5.91. The molecule has 0 aliphatic heterocycles. The number of rotatable bonds is 5. The molecule has 4 nitrogen and oxygen atoms in total. The van der Waals surface area contributed by atoms with Gasteiger partial charge >= 0.3 is 0 Å². The highest BCUT2D eigenvalue weighted by Gasteiger charge is 2.18. The van der Waals surface area contributed by atoms with Gasteiger partial charge < -0.3 is 10.1 Å². The third kappa shape index (κ3) is 4.19. The first-order valence-corrected chi connectivity index (χ1v) is 9.80. The number of carbonyl (C=O) groups excluding carboxylic acids is 1. The topological polar surface area (TPSA) is 51.2 Å². The molecule has 0 spiro atoms. The number of hydrogen-bond donors (Lipinski definition) is 1. The molecule has 1 heterocycles. The summed E-state index contributed by atoms with van der Waals surface area (Å²) in [6, 6.07) is 11.9. The molecule has 3 aromatic rings. The van der Waals surface area contributed by atoms with Gasteiger partial charge in [-0.15, -0.1) is 11.3 Å². The molecule has 140 valence electrons. The number of benzene rings is 2. The zero-order valence-electron chi connectivity index (χ0n) is 16.3. The van der Waals surface area contributed by atoms with E-state index in [4.69, 9.17) is 4.74 Å². The van der Waals surface area contributed by atoms with E-state index in [0.29, 0.717) is 11.5 Å². The van der Waals surface area contributed by atoms with Gasteiger partial charge in [-0.2, -0.15) is 0 Å².